The molecule has 0 spiro atoms. The predicted octanol–water partition coefficient (Wildman–Crippen LogP) is 4.94. The fraction of sp³-hybridized carbons (Fsp3) is 0.348. The van der Waals surface area contributed by atoms with Gasteiger partial charge < -0.3 is 18.9 Å². The summed E-state index contributed by atoms with van der Waals surface area (Å²) in [6.45, 7) is 4.80. The number of alkyl halides is 3. The first kappa shape index (κ1) is 22.6. The van der Waals surface area contributed by atoms with Gasteiger partial charge in [0.15, 0.2) is 0 Å². The zero-order valence-corrected chi connectivity index (χ0v) is 18.0. The normalized spacial score (nSPS) is 16.5. The first-order valence-electron chi connectivity index (χ1n) is 10.4. The fourth-order valence-corrected chi connectivity index (χ4v) is 3.58. The van der Waals surface area contributed by atoms with Gasteiger partial charge in [-0.15, -0.1) is 13.2 Å². The van der Waals surface area contributed by atoms with Gasteiger partial charge in [-0.05, 0) is 55.8 Å². The van der Waals surface area contributed by atoms with E-state index in [0.29, 0.717) is 24.5 Å². The molecule has 2 heterocycles. The Morgan fingerprint density at radius 2 is 1.76 bits per heavy atom. The first-order chi connectivity index (χ1) is 15.7. The van der Waals surface area contributed by atoms with Crippen molar-refractivity contribution in [3.05, 3.63) is 60.0 Å². The largest absolute Gasteiger partial charge is 0.573 e. The Balaban J connectivity index is 1.38. The van der Waals surface area contributed by atoms with E-state index in [1.807, 2.05) is 38.1 Å². The highest BCUT2D eigenvalue weighted by molar-refractivity contribution is 5.79. The Bertz CT molecular complexity index is 1100. The third kappa shape index (κ3) is 5.82. The molecule has 1 atom stereocenters. The zero-order chi connectivity index (χ0) is 23.6. The summed E-state index contributed by atoms with van der Waals surface area (Å²) in [7, 11) is 0. The molecule has 4 rings (SSSR count). The molecule has 1 aliphatic heterocycles. The number of carbonyl (C=O) groups is 1. The summed E-state index contributed by atoms with van der Waals surface area (Å²) in [5.41, 5.74) is 1.46. The van der Waals surface area contributed by atoms with Crippen LogP contribution in [0.5, 0.6) is 11.5 Å². The van der Waals surface area contributed by atoms with Crippen molar-refractivity contribution in [2.24, 2.45) is 0 Å². The van der Waals surface area contributed by atoms with E-state index < -0.39 is 6.36 Å². The maximum atomic E-state index is 12.5. The molecule has 10 heteroatoms. The highest BCUT2D eigenvalue weighted by atomic mass is 19.4. The van der Waals surface area contributed by atoms with Crippen LogP contribution in [0.1, 0.15) is 37.6 Å². The van der Waals surface area contributed by atoms with E-state index in [-0.39, 0.29) is 35.9 Å². The van der Waals surface area contributed by atoms with Crippen molar-refractivity contribution in [1.29, 1.82) is 0 Å². The van der Waals surface area contributed by atoms with Gasteiger partial charge >= 0.3 is 6.36 Å². The van der Waals surface area contributed by atoms with E-state index in [0.717, 1.165) is 11.3 Å². The number of rotatable bonds is 7. The third-order valence-corrected chi connectivity index (χ3v) is 5.02. The SMILES string of the molecule is CC(C)Oc1ccc(CN2CC(c3nc(-c4ccc(OC(F)(F)F)cc4)no3)CC2=O)cc1. The van der Waals surface area contributed by atoms with Crippen LogP contribution in [0, 0.1) is 0 Å². The summed E-state index contributed by atoms with van der Waals surface area (Å²) in [4.78, 5) is 18.6. The van der Waals surface area contributed by atoms with Crippen molar-refractivity contribution in [2.45, 2.75) is 45.2 Å². The van der Waals surface area contributed by atoms with Crippen molar-refractivity contribution in [1.82, 2.24) is 15.0 Å². The van der Waals surface area contributed by atoms with Gasteiger partial charge in [-0.3, -0.25) is 4.79 Å². The van der Waals surface area contributed by atoms with Crippen LogP contribution in [0.15, 0.2) is 53.1 Å². The highest BCUT2D eigenvalue weighted by Gasteiger charge is 2.34. The lowest BCUT2D eigenvalue weighted by Crippen LogP contribution is -2.24. The number of hydrogen-bond acceptors (Lipinski definition) is 6. The second-order valence-corrected chi connectivity index (χ2v) is 8.01. The zero-order valence-electron chi connectivity index (χ0n) is 18.0. The second kappa shape index (κ2) is 9.13. The van der Waals surface area contributed by atoms with E-state index in [4.69, 9.17) is 9.26 Å². The number of hydrogen-bond donors (Lipinski definition) is 0. The van der Waals surface area contributed by atoms with Crippen LogP contribution in [-0.2, 0) is 11.3 Å². The molecule has 1 saturated heterocycles. The monoisotopic (exact) mass is 461 g/mol. The van der Waals surface area contributed by atoms with Gasteiger partial charge in [0.05, 0.1) is 12.0 Å². The van der Waals surface area contributed by atoms with E-state index in [1.54, 1.807) is 4.90 Å². The summed E-state index contributed by atoms with van der Waals surface area (Å²) in [5, 5.41) is 3.91. The molecule has 3 aromatic rings. The van der Waals surface area contributed by atoms with Crippen molar-refractivity contribution < 1.29 is 32.0 Å². The molecule has 174 valence electrons. The summed E-state index contributed by atoms with van der Waals surface area (Å²) in [6, 6.07) is 12.8. The highest BCUT2D eigenvalue weighted by Crippen LogP contribution is 2.31. The summed E-state index contributed by atoms with van der Waals surface area (Å²) >= 11 is 0. The Morgan fingerprint density at radius 3 is 2.39 bits per heavy atom. The molecule has 0 N–H and O–H groups in total. The average molecular weight is 461 g/mol. The predicted molar refractivity (Wildman–Crippen MR) is 111 cm³/mol. The number of likely N-dealkylation sites (tertiary alicyclic amines) is 1. The molecule has 1 fully saturated rings. The van der Waals surface area contributed by atoms with Gasteiger partial charge in [-0.25, -0.2) is 0 Å². The molecule has 0 radical (unpaired) electrons. The van der Waals surface area contributed by atoms with E-state index in [1.165, 1.54) is 24.3 Å². The molecule has 2 aromatic carbocycles. The van der Waals surface area contributed by atoms with E-state index in [9.17, 15) is 18.0 Å². The lowest BCUT2D eigenvalue weighted by atomic mass is 10.1. The summed E-state index contributed by atoms with van der Waals surface area (Å²) in [5.74, 6) is 0.713. The van der Waals surface area contributed by atoms with Crippen LogP contribution in [0.25, 0.3) is 11.4 Å². The lowest BCUT2D eigenvalue weighted by molar-refractivity contribution is -0.274. The Hall–Kier alpha value is -3.56. The van der Waals surface area contributed by atoms with Crippen molar-refractivity contribution in [2.75, 3.05) is 6.54 Å². The number of amides is 1. The first-order valence-corrected chi connectivity index (χ1v) is 10.4. The summed E-state index contributed by atoms with van der Waals surface area (Å²) < 4.78 is 51.8. The van der Waals surface area contributed by atoms with Gasteiger partial charge in [0.25, 0.3) is 0 Å². The molecule has 0 aliphatic carbocycles. The second-order valence-electron chi connectivity index (χ2n) is 8.01. The Labute approximate surface area is 188 Å². The standard InChI is InChI=1S/C23H22F3N3O4/c1-14(2)31-18-7-3-15(4-8-18)12-29-13-17(11-20(29)30)22-27-21(28-33-22)16-5-9-19(10-6-16)32-23(24,25)26/h3-10,14,17H,11-13H2,1-2H3. The van der Waals surface area contributed by atoms with Gasteiger partial charge in [0.1, 0.15) is 11.5 Å². The molecular formula is C23H22F3N3O4. The van der Waals surface area contributed by atoms with Gasteiger partial charge in [-0.2, -0.15) is 4.98 Å². The minimum Gasteiger partial charge on any atom is -0.491 e. The molecule has 1 aromatic heterocycles. The molecule has 1 aliphatic rings. The number of aromatic nitrogens is 2. The van der Waals surface area contributed by atoms with Crippen LogP contribution in [0.3, 0.4) is 0 Å². The van der Waals surface area contributed by atoms with Crippen LogP contribution in [0.4, 0.5) is 13.2 Å². The summed E-state index contributed by atoms with van der Waals surface area (Å²) in [6.07, 6.45) is -4.43. The molecule has 1 unspecified atom stereocenters. The molecule has 0 bridgehead atoms. The Morgan fingerprint density at radius 1 is 1.09 bits per heavy atom. The number of nitrogens with zero attached hydrogens (tertiary/aromatic N) is 3. The third-order valence-electron chi connectivity index (χ3n) is 5.02. The van der Waals surface area contributed by atoms with E-state index in [2.05, 4.69) is 14.9 Å². The minimum atomic E-state index is -4.76. The van der Waals surface area contributed by atoms with Crippen LogP contribution in [-0.4, -0.2) is 40.0 Å². The minimum absolute atomic E-state index is 0.0177. The van der Waals surface area contributed by atoms with E-state index >= 15 is 0 Å². The van der Waals surface area contributed by atoms with Crippen molar-refractivity contribution in [3.63, 3.8) is 0 Å². The van der Waals surface area contributed by atoms with Crippen molar-refractivity contribution >= 4 is 5.91 Å². The maximum absolute atomic E-state index is 12.5. The van der Waals surface area contributed by atoms with Crippen molar-refractivity contribution in [3.8, 4) is 22.9 Å². The molecule has 0 saturated carbocycles. The number of benzene rings is 2. The van der Waals surface area contributed by atoms with Gasteiger partial charge in [-0.1, -0.05) is 17.3 Å². The molecular weight excluding hydrogens is 439 g/mol. The molecule has 7 nitrogen and oxygen atoms in total. The van der Waals surface area contributed by atoms with Gasteiger partial charge in [0, 0.05) is 25.1 Å². The molecule has 33 heavy (non-hydrogen) atoms. The quantitative estimate of drug-likeness (QED) is 0.496. The number of carbonyl (C=O) groups excluding carboxylic acids is 1. The fourth-order valence-electron chi connectivity index (χ4n) is 3.58. The molecule has 1 amide bonds. The maximum Gasteiger partial charge on any atom is 0.573 e. The lowest BCUT2D eigenvalue weighted by Gasteiger charge is -2.16. The smallest absolute Gasteiger partial charge is 0.491 e. The number of halogens is 3. The van der Waals surface area contributed by atoms with Crippen LogP contribution in [0.2, 0.25) is 0 Å². The van der Waals surface area contributed by atoms with Crippen LogP contribution >= 0.6 is 0 Å². The topological polar surface area (TPSA) is 77.7 Å². The van der Waals surface area contributed by atoms with Gasteiger partial charge in [0.2, 0.25) is 17.6 Å². The number of ether oxygens (including phenoxy) is 2. The van der Waals surface area contributed by atoms with Crippen LogP contribution < -0.4 is 9.47 Å². The Kier molecular flexibility index (Phi) is 6.26. The average Bonchev–Trinajstić information content (AvgIpc) is 3.36.